The highest BCUT2D eigenvalue weighted by atomic mass is 19.1. The monoisotopic (exact) mass is 520 g/mol. The van der Waals surface area contributed by atoms with E-state index in [9.17, 15) is 19.1 Å². The second-order valence-electron chi connectivity index (χ2n) is 9.87. The van der Waals surface area contributed by atoms with Gasteiger partial charge in [0.25, 0.3) is 5.56 Å². The molecule has 1 N–H and O–H groups in total. The lowest BCUT2D eigenvalue weighted by Crippen LogP contribution is -2.44. The number of cyclic esters (lactones) is 1. The van der Waals surface area contributed by atoms with Crippen molar-refractivity contribution in [1.29, 1.82) is 0 Å². The Labute approximate surface area is 220 Å². The van der Waals surface area contributed by atoms with Crippen LogP contribution < -0.4 is 5.56 Å². The number of carbonyl (C=O) groups is 1. The summed E-state index contributed by atoms with van der Waals surface area (Å²) in [7, 11) is 0. The summed E-state index contributed by atoms with van der Waals surface area (Å²) in [5, 5.41) is 12.1. The molecule has 1 aromatic carbocycles. The number of hydrogen-bond acceptors (Lipinski definition) is 6. The molecular formula is C30H33FN2O5. The predicted molar refractivity (Wildman–Crippen MR) is 143 cm³/mol. The number of aryl methyl sites for hydroxylation is 1. The first-order valence-electron chi connectivity index (χ1n) is 13.3. The molecule has 3 aliphatic rings. The third kappa shape index (κ3) is 3.65. The molecule has 0 saturated heterocycles. The van der Waals surface area contributed by atoms with Crippen LogP contribution in [-0.2, 0) is 39.4 Å². The molecule has 1 aliphatic carbocycles. The average molecular weight is 521 g/mol. The molecule has 0 bridgehead atoms. The number of pyridine rings is 2. The molecule has 3 aromatic rings. The van der Waals surface area contributed by atoms with Crippen molar-refractivity contribution in [1.82, 2.24) is 9.55 Å². The van der Waals surface area contributed by atoms with E-state index >= 15 is 0 Å². The van der Waals surface area contributed by atoms with Crippen LogP contribution in [-0.4, -0.2) is 33.8 Å². The molecule has 7 nitrogen and oxygen atoms in total. The van der Waals surface area contributed by atoms with Crippen LogP contribution in [0.15, 0.2) is 29.6 Å². The molecular weight excluding hydrogens is 487 g/mol. The van der Waals surface area contributed by atoms with Crippen LogP contribution >= 0.6 is 0 Å². The van der Waals surface area contributed by atoms with Crippen molar-refractivity contribution in [2.75, 3.05) is 13.2 Å². The summed E-state index contributed by atoms with van der Waals surface area (Å²) >= 11 is 0. The Bertz CT molecular complexity index is 1540. The molecule has 0 saturated carbocycles. The minimum absolute atomic E-state index is 0.0543. The van der Waals surface area contributed by atoms with Gasteiger partial charge in [0.1, 0.15) is 12.4 Å². The highest BCUT2D eigenvalue weighted by Gasteiger charge is 2.45. The van der Waals surface area contributed by atoms with Crippen LogP contribution in [0.3, 0.4) is 0 Å². The van der Waals surface area contributed by atoms with Gasteiger partial charge < -0.3 is 19.1 Å². The first kappa shape index (κ1) is 26.3. The van der Waals surface area contributed by atoms with Crippen molar-refractivity contribution in [3.05, 3.63) is 74.3 Å². The second kappa shape index (κ2) is 9.75. The smallest absolute Gasteiger partial charge is 0.343 e. The zero-order chi connectivity index (χ0) is 27.4. The number of halogens is 1. The molecule has 200 valence electrons. The Morgan fingerprint density at radius 1 is 1.29 bits per heavy atom. The van der Waals surface area contributed by atoms with Gasteiger partial charge in [-0.15, -0.1) is 6.58 Å². The van der Waals surface area contributed by atoms with Crippen molar-refractivity contribution in [3.63, 3.8) is 0 Å². The standard InChI is InChI=1S/C28H27FN2O5.C2H6/c1-4-8-35-12-15-6-7-16-14(3)20(29)10-21-24(16)23(15)17-11-31-22(25(17)30-21)9-19-18(26(31)32)13-36-27(33)28(19,34)5-2;1-2/h4,9-10,15,34H,1,5-8,11-13H2,2-3H3;1-2H3/t15?,28-;/m0./s1. The maximum atomic E-state index is 14.9. The van der Waals surface area contributed by atoms with Crippen molar-refractivity contribution in [3.8, 4) is 11.4 Å². The molecule has 0 amide bonds. The van der Waals surface area contributed by atoms with Gasteiger partial charge in [-0.3, -0.25) is 4.79 Å². The van der Waals surface area contributed by atoms with Gasteiger partial charge in [0.05, 0.1) is 42.2 Å². The summed E-state index contributed by atoms with van der Waals surface area (Å²) in [6, 6.07) is 3.15. The Morgan fingerprint density at radius 3 is 2.76 bits per heavy atom. The molecule has 38 heavy (non-hydrogen) atoms. The van der Waals surface area contributed by atoms with Crippen LogP contribution in [0.2, 0.25) is 0 Å². The summed E-state index contributed by atoms with van der Waals surface area (Å²) in [4.78, 5) is 30.9. The lowest BCUT2D eigenvalue weighted by molar-refractivity contribution is -0.172. The fraction of sp³-hybridized carbons (Fsp3) is 0.433. The van der Waals surface area contributed by atoms with E-state index in [-0.39, 0.29) is 41.4 Å². The van der Waals surface area contributed by atoms with E-state index in [0.29, 0.717) is 42.2 Å². The number of aromatic nitrogens is 2. The number of rotatable bonds is 5. The fourth-order valence-corrected chi connectivity index (χ4v) is 6.11. The molecule has 2 aliphatic heterocycles. The Hall–Kier alpha value is -3.36. The van der Waals surface area contributed by atoms with Crippen LogP contribution in [0.1, 0.15) is 72.9 Å². The van der Waals surface area contributed by atoms with E-state index in [2.05, 4.69) is 6.58 Å². The van der Waals surface area contributed by atoms with Crippen LogP contribution in [0.25, 0.3) is 22.3 Å². The molecule has 8 heteroatoms. The van der Waals surface area contributed by atoms with E-state index in [1.54, 1.807) is 30.6 Å². The minimum atomic E-state index is -1.90. The van der Waals surface area contributed by atoms with Gasteiger partial charge in [-0.1, -0.05) is 26.8 Å². The van der Waals surface area contributed by atoms with Gasteiger partial charge in [0, 0.05) is 28.5 Å². The van der Waals surface area contributed by atoms with Crippen LogP contribution in [0.5, 0.6) is 0 Å². The average Bonchev–Trinajstić information content (AvgIpc) is 3.30. The quantitative estimate of drug-likeness (QED) is 0.231. The van der Waals surface area contributed by atoms with E-state index in [1.165, 1.54) is 6.07 Å². The number of benzene rings is 1. The van der Waals surface area contributed by atoms with Gasteiger partial charge >= 0.3 is 5.97 Å². The van der Waals surface area contributed by atoms with Gasteiger partial charge in [0.15, 0.2) is 5.60 Å². The number of fused-ring (bicyclic) bond motifs is 5. The van der Waals surface area contributed by atoms with Crippen molar-refractivity contribution >= 4 is 16.9 Å². The third-order valence-corrected chi connectivity index (χ3v) is 8.05. The predicted octanol–water partition coefficient (Wildman–Crippen LogP) is 4.79. The van der Waals surface area contributed by atoms with Crippen molar-refractivity contribution in [2.24, 2.45) is 0 Å². The molecule has 0 spiro atoms. The lowest BCUT2D eigenvalue weighted by atomic mass is 9.78. The zero-order valence-electron chi connectivity index (χ0n) is 22.3. The zero-order valence-corrected chi connectivity index (χ0v) is 22.3. The SMILES string of the molecule is C=CCOCC1CCc2c(C)c(F)cc3nc4c(c1c23)Cn1c-4cc2c(c1=O)COC(=O)[C@]2(O)CC.CC. The fourth-order valence-electron chi connectivity index (χ4n) is 6.11. The van der Waals surface area contributed by atoms with E-state index in [0.717, 1.165) is 34.9 Å². The first-order valence-corrected chi connectivity index (χ1v) is 13.3. The second-order valence-corrected chi connectivity index (χ2v) is 9.87. The van der Waals surface area contributed by atoms with Crippen molar-refractivity contribution in [2.45, 2.75) is 71.6 Å². The van der Waals surface area contributed by atoms with Gasteiger partial charge in [-0.05, 0) is 48.9 Å². The minimum Gasteiger partial charge on any atom is -0.458 e. The van der Waals surface area contributed by atoms with Crippen LogP contribution in [0.4, 0.5) is 4.39 Å². The number of nitrogens with zero attached hydrogens (tertiary/aromatic N) is 2. The number of esters is 1. The molecule has 1 unspecified atom stereocenters. The first-order chi connectivity index (χ1) is 18.3. The molecule has 6 rings (SSSR count). The molecule has 2 atom stereocenters. The number of aliphatic hydroxyl groups is 1. The normalized spacial score (nSPS) is 20.7. The largest absolute Gasteiger partial charge is 0.458 e. The maximum absolute atomic E-state index is 14.9. The van der Waals surface area contributed by atoms with Gasteiger partial charge in [-0.25, -0.2) is 14.2 Å². The van der Waals surface area contributed by atoms with Crippen LogP contribution in [0, 0.1) is 12.7 Å². The van der Waals surface area contributed by atoms with Gasteiger partial charge in [0.2, 0.25) is 0 Å². The van der Waals surface area contributed by atoms with Crippen molar-refractivity contribution < 1.29 is 23.8 Å². The lowest BCUT2D eigenvalue weighted by Gasteiger charge is -2.31. The molecule has 0 fully saturated rings. The third-order valence-electron chi connectivity index (χ3n) is 8.05. The Kier molecular flexibility index (Phi) is 6.73. The molecule has 4 heterocycles. The number of hydrogen-bond donors (Lipinski definition) is 1. The summed E-state index contributed by atoms with van der Waals surface area (Å²) in [5.74, 6) is -1.01. The summed E-state index contributed by atoms with van der Waals surface area (Å²) in [6.07, 6.45) is 3.29. The van der Waals surface area contributed by atoms with E-state index < -0.39 is 11.6 Å². The topological polar surface area (TPSA) is 90.7 Å². The Morgan fingerprint density at radius 2 is 2.05 bits per heavy atom. The van der Waals surface area contributed by atoms with E-state index in [1.807, 2.05) is 13.8 Å². The molecule has 0 radical (unpaired) electrons. The highest BCUT2D eigenvalue weighted by molar-refractivity contribution is 5.93. The summed E-state index contributed by atoms with van der Waals surface area (Å²) < 4.78 is 27.6. The van der Waals surface area contributed by atoms with E-state index in [4.69, 9.17) is 14.5 Å². The Balaban J connectivity index is 0.00000144. The highest BCUT2D eigenvalue weighted by Crippen LogP contribution is 2.46. The van der Waals surface area contributed by atoms with Gasteiger partial charge in [-0.2, -0.15) is 0 Å². The summed E-state index contributed by atoms with van der Waals surface area (Å²) in [6.45, 7) is 12.2. The molecule has 2 aromatic heterocycles. The summed E-state index contributed by atoms with van der Waals surface area (Å²) in [5.41, 5.74) is 3.52. The maximum Gasteiger partial charge on any atom is 0.343 e. The number of ether oxygens (including phenoxy) is 2. The number of carbonyl (C=O) groups excluding carboxylic acids is 1.